The predicted octanol–water partition coefficient (Wildman–Crippen LogP) is 5.57. The predicted molar refractivity (Wildman–Crippen MR) is 115 cm³/mol. The zero-order valence-electron chi connectivity index (χ0n) is 15.6. The Morgan fingerprint density at radius 3 is 2.69 bits per heavy atom. The van der Waals surface area contributed by atoms with Crippen LogP contribution in [0.1, 0.15) is 22.6 Å². The minimum atomic E-state index is -0.459. The summed E-state index contributed by atoms with van der Waals surface area (Å²) in [6.45, 7) is 2.00. The van der Waals surface area contributed by atoms with Crippen molar-refractivity contribution in [1.29, 1.82) is 5.26 Å². The number of ether oxygens (including phenoxy) is 1. The van der Waals surface area contributed by atoms with Gasteiger partial charge in [0.05, 0.1) is 11.4 Å². The maximum absolute atomic E-state index is 9.91. The van der Waals surface area contributed by atoms with Crippen LogP contribution in [-0.2, 0) is 0 Å². The third-order valence-corrected chi connectivity index (χ3v) is 5.76. The number of para-hydroxylation sites is 1. The van der Waals surface area contributed by atoms with Crippen LogP contribution in [0.3, 0.4) is 0 Å². The van der Waals surface area contributed by atoms with E-state index in [0.29, 0.717) is 16.5 Å². The Bertz CT molecular complexity index is 1380. The number of aromatic nitrogens is 1. The number of benzene rings is 3. The lowest BCUT2D eigenvalue weighted by molar-refractivity contribution is 0.395. The highest BCUT2D eigenvalue weighted by atomic mass is 35.5. The lowest BCUT2D eigenvalue weighted by Gasteiger charge is -2.28. The number of fused-ring (bicyclic) bond motifs is 4. The molecule has 140 valence electrons. The lowest BCUT2D eigenvalue weighted by atomic mass is 9.81. The molecule has 4 nitrogen and oxygen atoms in total. The average molecular weight is 398 g/mol. The van der Waals surface area contributed by atoms with Gasteiger partial charge in [-0.2, -0.15) is 5.26 Å². The number of allylic oxidation sites excluding steroid dienone is 1. The fourth-order valence-electron chi connectivity index (χ4n) is 4.10. The molecule has 29 heavy (non-hydrogen) atoms. The van der Waals surface area contributed by atoms with E-state index in [-0.39, 0.29) is 5.88 Å². The van der Waals surface area contributed by atoms with Crippen molar-refractivity contribution in [2.45, 2.75) is 12.8 Å². The maximum Gasteiger partial charge on any atom is 0.205 e. The number of nitriles is 1. The first-order valence-corrected chi connectivity index (χ1v) is 9.61. The van der Waals surface area contributed by atoms with Crippen molar-refractivity contribution in [2.75, 3.05) is 0 Å². The standard InChI is InChI=1S/C24H16ClN3O/c1-13-5-4-7-15-11-17(23(25)28-22(13)15)20-18(12-26)24(27)29-19-10-9-14-6-2-3-8-16(14)21(19)20/h2-11,20H,27H2,1H3/t20-/m0/s1. The van der Waals surface area contributed by atoms with Gasteiger partial charge in [-0.3, -0.25) is 0 Å². The second-order valence-electron chi connectivity index (χ2n) is 7.14. The van der Waals surface area contributed by atoms with Gasteiger partial charge >= 0.3 is 0 Å². The number of pyridine rings is 1. The minimum Gasteiger partial charge on any atom is -0.440 e. The molecule has 1 atom stereocenters. The van der Waals surface area contributed by atoms with Crippen molar-refractivity contribution >= 4 is 33.3 Å². The van der Waals surface area contributed by atoms with E-state index >= 15 is 0 Å². The normalized spacial score (nSPS) is 15.8. The van der Waals surface area contributed by atoms with E-state index in [4.69, 9.17) is 22.1 Å². The van der Waals surface area contributed by atoms with E-state index in [0.717, 1.165) is 38.4 Å². The smallest absolute Gasteiger partial charge is 0.205 e. The second kappa shape index (κ2) is 6.51. The first kappa shape index (κ1) is 17.5. The van der Waals surface area contributed by atoms with Crippen molar-refractivity contribution in [3.05, 3.63) is 94.0 Å². The molecule has 0 fully saturated rings. The summed E-state index contributed by atoms with van der Waals surface area (Å²) in [5, 5.41) is 13.3. The molecule has 0 unspecified atom stereocenters. The molecule has 5 heteroatoms. The molecule has 0 amide bonds. The van der Waals surface area contributed by atoms with Gasteiger partial charge in [-0.15, -0.1) is 0 Å². The number of halogens is 1. The van der Waals surface area contributed by atoms with Crippen molar-refractivity contribution in [1.82, 2.24) is 4.98 Å². The summed E-state index contributed by atoms with van der Waals surface area (Å²) in [7, 11) is 0. The van der Waals surface area contributed by atoms with Crippen LogP contribution in [0.2, 0.25) is 5.15 Å². The van der Waals surface area contributed by atoms with E-state index in [2.05, 4.69) is 11.1 Å². The summed E-state index contributed by atoms with van der Waals surface area (Å²) >= 11 is 6.67. The molecular weight excluding hydrogens is 382 g/mol. The maximum atomic E-state index is 9.91. The molecule has 2 N–H and O–H groups in total. The van der Waals surface area contributed by atoms with Crippen LogP contribution in [-0.4, -0.2) is 4.98 Å². The molecular formula is C24H16ClN3O. The van der Waals surface area contributed by atoms with Gasteiger partial charge < -0.3 is 10.5 Å². The number of nitrogens with zero attached hydrogens (tertiary/aromatic N) is 2. The average Bonchev–Trinajstić information content (AvgIpc) is 2.73. The van der Waals surface area contributed by atoms with Crippen LogP contribution in [0.15, 0.2) is 72.1 Å². The molecule has 2 heterocycles. The largest absolute Gasteiger partial charge is 0.440 e. The molecule has 5 rings (SSSR count). The number of nitrogens with two attached hydrogens (primary N) is 1. The van der Waals surface area contributed by atoms with Crippen LogP contribution in [0.5, 0.6) is 5.75 Å². The summed E-state index contributed by atoms with van der Waals surface area (Å²) in [4.78, 5) is 4.65. The molecule has 3 aromatic carbocycles. The second-order valence-corrected chi connectivity index (χ2v) is 7.50. The molecule has 0 radical (unpaired) electrons. The fraction of sp³-hybridized carbons (Fsp3) is 0.0833. The highest BCUT2D eigenvalue weighted by Crippen LogP contribution is 2.47. The molecule has 0 saturated heterocycles. The monoisotopic (exact) mass is 397 g/mol. The van der Waals surface area contributed by atoms with Crippen LogP contribution in [0.25, 0.3) is 21.7 Å². The van der Waals surface area contributed by atoms with Gasteiger partial charge in [0.25, 0.3) is 0 Å². The summed E-state index contributed by atoms with van der Waals surface area (Å²) in [6, 6.07) is 22.1. The van der Waals surface area contributed by atoms with Gasteiger partial charge in [0.2, 0.25) is 5.88 Å². The summed E-state index contributed by atoms with van der Waals surface area (Å²) < 4.78 is 5.81. The molecule has 1 aliphatic rings. The Labute approximate surface area is 172 Å². The summed E-state index contributed by atoms with van der Waals surface area (Å²) in [6.07, 6.45) is 0. The minimum absolute atomic E-state index is 0.0979. The van der Waals surface area contributed by atoms with Crippen LogP contribution < -0.4 is 10.5 Å². The van der Waals surface area contributed by atoms with Gasteiger partial charge in [-0.1, -0.05) is 60.1 Å². The Morgan fingerprint density at radius 1 is 1.07 bits per heavy atom. The van der Waals surface area contributed by atoms with E-state index in [1.807, 2.05) is 67.6 Å². The van der Waals surface area contributed by atoms with E-state index in [9.17, 15) is 5.26 Å². The van der Waals surface area contributed by atoms with Crippen LogP contribution in [0.4, 0.5) is 0 Å². The fourth-order valence-corrected chi connectivity index (χ4v) is 4.34. The molecule has 1 aromatic heterocycles. The molecule has 0 aliphatic carbocycles. The first-order chi connectivity index (χ1) is 14.1. The zero-order valence-corrected chi connectivity index (χ0v) is 16.4. The topological polar surface area (TPSA) is 71.9 Å². The Morgan fingerprint density at radius 2 is 1.86 bits per heavy atom. The van der Waals surface area contributed by atoms with E-state index in [1.54, 1.807) is 0 Å². The molecule has 0 spiro atoms. The van der Waals surface area contributed by atoms with Crippen molar-refractivity contribution in [3.63, 3.8) is 0 Å². The highest BCUT2D eigenvalue weighted by molar-refractivity contribution is 6.30. The van der Waals surface area contributed by atoms with Crippen molar-refractivity contribution in [2.24, 2.45) is 5.73 Å². The third-order valence-electron chi connectivity index (χ3n) is 5.45. The Balaban J connectivity index is 1.87. The van der Waals surface area contributed by atoms with Gasteiger partial charge in [0, 0.05) is 16.5 Å². The molecule has 0 bridgehead atoms. The summed E-state index contributed by atoms with van der Waals surface area (Å²) in [5.41, 5.74) is 9.99. The highest BCUT2D eigenvalue weighted by Gasteiger charge is 2.34. The Hall–Kier alpha value is -3.55. The zero-order chi connectivity index (χ0) is 20.1. The molecule has 0 saturated carbocycles. The number of aryl methyl sites for hydroxylation is 1. The number of hydrogen-bond donors (Lipinski definition) is 1. The van der Waals surface area contributed by atoms with Gasteiger partial charge in [-0.05, 0) is 35.4 Å². The molecule has 1 aliphatic heterocycles. The lowest BCUT2D eigenvalue weighted by Crippen LogP contribution is -2.21. The third kappa shape index (κ3) is 2.63. The van der Waals surface area contributed by atoms with Crippen LogP contribution in [0, 0.1) is 18.3 Å². The first-order valence-electron chi connectivity index (χ1n) is 9.23. The van der Waals surface area contributed by atoms with Crippen molar-refractivity contribution < 1.29 is 4.74 Å². The van der Waals surface area contributed by atoms with E-state index in [1.165, 1.54) is 0 Å². The number of hydrogen-bond acceptors (Lipinski definition) is 4. The van der Waals surface area contributed by atoms with Gasteiger partial charge in [-0.25, -0.2) is 4.98 Å². The number of rotatable bonds is 1. The van der Waals surface area contributed by atoms with Crippen molar-refractivity contribution in [3.8, 4) is 11.8 Å². The Kier molecular flexibility index (Phi) is 3.94. The van der Waals surface area contributed by atoms with Gasteiger partial charge in [0.15, 0.2) is 0 Å². The van der Waals surface area contributed by atoms with Crippen LogP contribution >= 0.6 is 11.6 Å². The van der Waals surface area contributed by atoms with Gasteiger partial charge in [0.1, 0.15) is 22.5 Å². The molecule has 4 aromatic rings. The van der Waals surface area contributed by atoms with E-state index < -0.39 is 5.92 Å². The quantitative estimate of drug-likeness (QED) is 0.426. The summed E-state index contributed by atoms with van der Waals surface area (Å²) in [5.74, 6) is 0.269. The SMILES string of the molecule is Cc1cccc2cc([C@H]3C(C#N)=C(N)Oc4ccc5ccccc5c43)c(Cl)nc12.